The minimum Gasteiger partial charge on any atom is -0.493 e. The Labute approximate surface area is 194 Å². The van der Waals surface area contributed by atoms with E-state index in [1.54, 1.807) is 14.2 Å². The Morgan fingerprint density at radius 2 is 1.73 bits per heavy atom. The first kappa shape index (κ1) is 22.8. The van der Waals surface area contributed by atoms with Crippen molar-refractivity contribution in [1.29, 1.82) is 0 Å². The van der Waals surface area contributed by atoms with E-state index in [4.69, 9.17) is 14.6 Å². The Hall–Kier alpha value is -3.33. The fraction of sp³-hybridized carbons (Fsp3) is 0.333. The first-order valence-corrected chi connectivity index (χ1v) is 12.4. The van der Waals surface area contributed by atoms with Gasteiger partial charge in [-0.2, -0.15) is 5.10 Å². The zero-order valence-corrected chi connectivity index (χ0v) is 20.0. The van der Waals surface area contributed by atoms with Gasteiger partial charge in [0.1, 0.15) is 5.88 Å². The maximum Gasteiger partial charge on any atom is 0.243 e. The van der Waals surface area contributed by atoms with Gasteiger partial charge < -0.3 is 14.4 Å². The number of benzene rings is 2. The normalized spacial score (nSPS) is 17.5. The standard InChI is InChI=1S/C24H27N3O5S/c1-16-12-19-13-22(31-3)23(32-4)14-21(19)24(25-27(16)17(2)28)18-6-8-20(9-7-18)26-10-5-11-33(29,30)15-26/h6-9,12-14H,5,10-11,15H2,1-4H3. The third-order valence-corrected chi connectivity index (χ3v) is 7.37. The van der Waals surface area contributed by atoms with Crippen LogP contribution in [0.3, 0.4) is 0 Å². The third kappa shape index (κ3) is 4.59. The molecule has 33 heavy (non-hydrogen) atoms. The molecular formula is C24H27N3O5S. The average Bonchev–Trinajstić information content (AvgIpc) is 2.93. The van der Waals surface area contributed by atoms with Gasteiger partial charge in [0.2, 0.25) is 5.91 Å². The van der Waals surface area contributed by atoms with Gasteiger partial charge in [0, 0.05) is 36.0 Å². The van der Waals surface area contributed by atoms with Crippen molar-refractivity contribution in [1.82, 2.24) is 5.01 Å². The highest BCUT2D eigenvalue weighted by molar-refractivity contribution is 7.91. The van der Waals surface area contributed by atoms with Crippen molar-refractivity contribution in [3.63, 3.8) is 0 Å². The SMILES string of the molecule is COc1cc2c(cc1OC)C(c1ccc(N3CCCS(=O)(=O)C3)cc1)=NN(C(C)=O)C(C)=C2. The molecule has 0 radical (unpaired) electrons. The molecule has 8 nitrogen and oxygen atoms in total. The highest BCUT2D eigenvalue weighted by atomic mass is 32.2. The lowest BCUT2D eigenvalue weighted by Gasteiger charge is -2.28. The van der Waals surface area contributed by atoms with Crippen molar-refractivity contribution < 1.29 is 22.7 Å². The molecule has 1 saturated heterocycles. The second kappa shape index (κ2) is 8.90. The van der Waals surface area contributed by atoms with Crippen LogP contribution in [0.25, 0.3) is 6.08 Å². The molecule has 0 N–H and O–H groups in total. The second-order valence-electron chi connectivity index (χ2n) is 8.10. The van der Waals surface area contributed by atoms with E-state index in [0.717, 1.165) is 22.4 Å². The smallest absolute Gasteiger partial charge is 0.243 e. The quantitative estimate of drug-likeness (QED) is 0.683. The Kier molecular flexibility index (Phi) is 6.16. The monoisotopic (exact) mass is 469 g/mol. The number of carbonyl (C=O) groups excluding carboxylic acids is 1. The molecule has 2 aliphatic heterocycles. The van der Waals surface area contributed by atoms with E-state index in [2.05, 4.69) is 0 Å². The lowest BCUT2D eigenvalue weighted by molar-refractivity contribution is -0.126. The van der Waals surface area contributed by atoms with Crippen LogP contribution in [-0.2, 0) is 14.6 Å². The predicted molar refractivity (Wildman–Crippen MR) is 128 cm³/mol. The highest BCUT2D eigenvalue weighted by Crippen LogP contribution is 2.35. The fourth-order valence-electron chi connectivity index (χ4n) is 4.15. The van der Waals surface area contributed by atoms with Crippen LogP contribution in [0.1, 0.15) is 37.0 Å². The molecule has 0 bridgehead atoms. The number of hydrogen-bond donors (Lipinski definition) is 0. The molecular weight excluding hydrogens is 442 g/mol. The molecule has 1 fully saturated rings. The topological polar surface area (TPSA) is 88.5 Å². The number of nitrogens with zero attached hydrogens (tertiary/aromatic N) is 3. The summed E-state index contributed by atoms with van der Waals surface area (Å²) in [5.41, 5.74) is 4.55. The molecule has 174 valence electrons. The number of hydrazone groups is 1. The van der Waals surface area contributed by atoms with Gasteiger partial charge in [-0.25, -0.2) is 13.4 Å². The Balaban J connectivity index is 1.80. The van der Waals surface area contributed by atoms with Crippen LogP contribution >= 0.6 is 0 Å². The number of rotatable bonds is 4. The number of ether oxygens (including phenoxy) is 2. The summed E-state index contributed by atoms with van der Waals surface area (Å²) in [6, 6.07) is 11.3. The number of amides is 1. The summed E-state index contributed by atoms with van der Waals surface area (Å²) < 4.78 is 35.0. The summed E-state index contributed by atoms with van der Waals surface area (Å²) in [4.78, 5) is 14.2. The maximum atomic E-state index is 12.3. The maximum absolute atomic E-state index is 12.3. The molecule has 9 heteroatoms. The van der Waals surface area contributed by atoms with Crippen LogP contribution in [0, 0.1) is 0 Å². The third-order valence-electron chi connectivity index (χ3n) is 5.75. The number of methoxy groups -OCH3 is 2. The van der Waals surface area contributed by atoms with Crippen molar-refractivity contribution in [3.05, 3.63) is 58.8 Å². The van der Waals surface area contributed by atoms with Crippen LogP contribution in [0.4, 0.5) is 5.69 Å². The number of anilines is 1. The van der Waals surface area contributed by atoms with E-state index in [1.165, 1.54) is 11.9 Å². The molecule has 2 aromatic carbocycles. The Morgan fingerprint density at radius 1 is 1.06 bits per heavy atom. The fourth-order valence-corrected chi connectivity index (χ4v) is 5.60. The number of carbonyl (C=O) groups is 1. The van der Waals surface area contributed by atoms with E-state index in [9.17, 15) is 13.2 Å². The van der Waals surface area contributed by atoms with E-state index >= 15 is 0 Å². The molecule has 0 aromatic heterocycles. The second-order valence-corrected chi connectivity index (χ2v) is 10.3. The highest BCUT2D eigenvalue weighted by Gasteiger charge is 2.25. The minimum absolute atomic E-state index is 0.0222. The van der Waals surface area contributed by atoms with Crippen molar-refractivity contribution in [3.8, 4) is 11.5 Å². The van der Waals surface area contributed by atoms with Crippen molar-refractivity contribution in [2.24, 2.45) is 5.10 Å². The van der Waals surface area contributed by atoms with E-state index < -0.39 is 9.84 Å². The molecule has 2 heterocycles. The van der Waals surface area contributed by atoms with Crippen LogP contribution in [0.2, 0.25) is 0 Å². The van der Waals surface area contributed by atoms with Gasteiger partial charge in [-0.05, 0) is 49.2 Å². The number of hydrogen-bond acceptors (Lipinski definition) is 7. The summed E-state index contributed by atoms with van der Waals surface area (Å²) in [7, 11) is 0.0815. The lowest BCUT2D eigenvalue weighted by atomic mass is 9.96. The molecule has 4 rings (SSSR count). The number of fused-ring (bicyclic) bond motifs is 1. The molecule has 0 atom stereocenters. The molecule has 2 aliphatic rings. The van der Waals surface area contributed by atoms with Gasteiger partial charge in [-0.1, -0.05) is 12.1 Å². The van der Waals surface area contributed by atoms with Gasteiger partial charge in [-0.15, -0.1) is 0 Å². The van der Waals surface area contributed by atoms with E-state index in [0.29, 0.717) is 35.9 Å². The van der Waals surface area contributed by atoms with Crippen molar-refractivity contribution >= 4 is 33.2 Å². The van der Waals surface area contributed by atoms with Crippen molar-refractivity contribution in [2.45, 2.75) is 20.3 Å². The predicted octanol–water partition coefficient (Wildman–Crippen LogP) is 3.26. The Bertz CT molecular complexity index is 1250. The minimum atomic E-state index is -3.07. The first-order valence-electron chi connectivity index (χ1n) is 10.6. The van der Waals surface area contributed by atoms with Gasteiger partial charge in [0.25, 0.3) is 0 Å². The molecule has 0 aliphatic carbocycles. The molecule has 0 spiro atoms. The summed E-state index contributed by atoms with van der Waals surface area (Å²) in [5.74, 6) is 1.18. The van der Waals surface area contributed by atoms with Crippen LogP contribution in [0.15, 0.2) is 47.2 Å². The van der Waals surface area contributed by atoms with Gasteiger partial charge in [0.05, 0.1) is 25.7 Å². The summed E-state index contributed by atoms with van der Waals surface area (Å²) in [6.45, 7) is 3.99. The lowest BCUT2D eigenvalue weighted by Crippen LogP contribution is -2.37. The zero-order valence-electron chi connectivity index (χ0n) is 19.2. The van der Waals surface area contributed by atoms with E-state index in [1.807, 2.05) is 54.3 Å². The molecule has 0 unspecified atom stereocenters. The van der Waals surface area contributed by atoms with Gasteiger partial charge >= 0.3 is 0 Å². The summed E-state index contributed by atoms with van der Waals surface area (Å²) >= 11 is 0. The number of allylic oxidation sites excluding steroid dienone is 1. The summed E-state index contributed by atoms with van der Waals surface area (Å²) in [6.07, 6.45) is 2.51. The van der Waals surface area contributed by atoms with Crippen LogP contribution in [0.5, 0.6) is 11.5 Å². The van der Waals surface area contributed by atoms with Crippen LogP contribution in [-0.4, -0.2) is 57.4 Å². The first-order chi connectivity index (χ1) is 15.7. The molecule has 1 amide bonds. The van der Waals surface area contributed by atoms with Crippen molar-refractivity contribution in [2.75, 3.05) is 37.3 Å². The van der Waals surface area contributed by atoms with Gasteiger partial charge in [-0.3, -0.25) is 4.79 Å². The van der Waals surface area contributed by atoms with Crippen LogP contribution < -0.4 is 14.4 Å². The largest absolute Gasteiger partial charge is 0.493 e. The van der Waals surface area contributed by atoms with E-state index in [-0.39, 0.29) is 17.5 Å². The Morgan fingerprint density at radius 3 is 2.33 bits per heavy atom. The zero-order chi connectivity index (χ0) is 23.8. The van der Waals surface area contributed by atoms with Gasteiger partial charge in [0.15, 0.2) is 21.3 Å². The molecule has 0 saturated carbocycles. The molecule has 2 aromatic rings. The number of sulfone groups is 1. The average molecular weight is 470 g/mol. The summed E-state index contributed by atoms with van der Waals surface area (Å²) in [5, 5.41) is 6.06.